The van der Waals surface area contributed by atoms with Crippen LogP contribution in [-0.2, 0) is 9.53 Å². The maximum atomic E-state index is 12.1. The zero-order valence-corrected chi connectivity index (χ0v) is 24.7. The zero-order valence-electron chi connectivity index (χ0n) is 24.0. The molecule has 0 atom stereocenters. The molecule has 8 rings (SSSR count). The Bertz CT molecular complexity index is 1550. The lowest BCUT2D eigenvalue weighted by molar-refractivity contribution is -0.149. The summed E-state index contributed by atoms with van der Waals surface area (Å²) in [6, 6.07) is 2.86. The molecule has 3 aromatic rings. The van der Waals surface area contributed by atoms with E-state index in [1.165, 1.54) is 36.6 Å². The number of benzene rings is 1. The van der Waals surface area contributed by atoms with Gasteiger partial charge in [0.05, 0.1) is 42.5 Å². The van der Waals surface area contributed by atoms with Crippen LogP contribution < -0.4 is 4.90 Å². The Hall–Kier alpha value is -2.88. The topological polar surface area (TPSA) is 82.5 Å². The van der Waals surface area contributed by atoms with Gasteiger partial charge < -0.3 is 14.5 Å². The highest BCUT2D eigenvalue weighted by molar-refractivity contribution is 6.33. The first-order valence-electron chi connectivity index (χ1n) is 15.0. The Morgan fingerprint density at radius 3 is 2.59 bits per heavy atom. The van der Waals surface area contributed by atoms with E-state index < -0.39 is 0 Å². The number of aromatic nitrogens is 4. The number of amides is 1. The monoisotopic (exact) mass is 575 g/mol. The van der Waals surface area contributed by atoms with E-state index in [9.17, 15) is 4.79 Å². The quantitative estimate of drug-likeness (QED) is 0.452. The van der Waals surface area contributed by atoms with Gasteiger partial charge in [-0.05, 0) is 63.7 Å². The van der Waals surface area contributed by atoms with E-state index in [1.54, 1.807) is 0 Å². The highest BCUT2D eigenvalue weighted by Gasteiger charge is 2.55. The molecule has 1 amide bonds. The fraction of sp³-hybridized carbons (Fsp3) is 0.581. The summed E-state index contributed by atoms with van der Waals surface area (Å²) in [7, 11) is 0. The highest BCUT2D eigenvalue weighted by atomic mass is 35.5. The number of aromatic amines is 1. The summed E-state index contributed by atoms with van der Waals surface area (Å²) < 4.78 is 7.86. The van der Waals surface area contributed by atoms with Gasteiger partial charge in [0.1, 0.15) is 0 Å². The molecule has 216 valence electrons. The number of carbonyl (C=O) groups excluding carboxylic acids is 1. The van der Waals surface area contributed by atoms with Crippen molar-refractivity contribution < 1.29 is 9.53 Å². The van der Waals surface area contributed by atoms with Crippen molar-refractivity contribution in [1.82, 2.24) is 29.8 Å². The van der Waals surface area contributed by atoms with Crippen molar-refractivity contribution in [3.05, 3.63) is 41.2 Å². The molecule has 2 saturated carbocycles. The van der Waals surface area contributed by atoms with Crippen LogP contribution in [0.3, 0.4) is 0 Å². The minimum absolute atomic E-state index is 0.0397. The molecular weight excluding hydrogens is 538 g/mol. The lowest BCUT2D eigenvalue weighted by atomic mass is 9.60. The lowest BCUT2D eigenvalue weighted by Gasteiger charge is -2.59. The Morgan fingerprint density at radius 2 is 1.93 bits per heavy atom. The van der Waals surface area contributed by atoms with Gasteiger partial charge in [0.25, 0.3) is 0 Å². The van der Waals surface area contributed by atoms with Gasteiger partial charge in [-0.2, -0.15) is 10.2 Å². The summed E-state index contributed by atoms with van der Waals surface area (Å²) in [6.07, 6.45) is 9.09. The molecule has 10 heteroatoms. The number of anilines is 1. The van der Waals surface area contributed by atoms with Crippen molar-refractivity contribution in [3.63, 3.8) is 0 Å². The van der Waals surface area contributed by atoms with E-state index >= 15 is 0 Å². The second-order valence-electron chi connectivity index (χ2n) is 13.3. The van der Waals surface area contributed by atoms with Crippen molar-refractivity contribution in [2.24, 2.45) is 5.41 Å². The molecule has 3 saturated heterocycles. The average Bonchev–Trinajstić information content (AvgIpc) is 3.45. The molecule has 0 bridgehead atoms. The summed E-state index contributed by atoms with van der Waals surface area (Å²) in [5.41, 5.74) is 5.88. The number of hydrogen-bond acceptors (Lipinski definition) is 6. The van der Waals surface area contributed by atoms with Crippen molar-refractivity contribution in [2.75, 3.05) is 50.8 Å². The average molecular weight is 576 g/mol. The van der Waals surface area contributed by atoms with Gasteiger partial charge in [0.15, 0.2) is 5.82 Å². The molecular formula is C31H38ClN7O2. The summed E-state index contributed by atoms with van der Waals surface area (Å²) >= 11 is 6.84. The van der Waals surface area contributed by atoms with E-state index in [4.69, 9.17) is 21.4 Å². The minimum Gasteiger partial charge on any atom is -0.378 e. The molecule has 0 radical (unpaired) electrons. The van der Waals surface area contributed by atoms with Gasteiger partial charge in [0.2, 0.25) is 5.91 Å². The highest BCUT2D eigenvalue weighted by Crippen LogP contribution is 2.56. The largest absolute Gasteiger partial charge is 0.378 e. The van der Waals surface area contributed by atoms with Crippen LogP contribution >= 0.6 is 11.6 Å². The normalized spacial score (nSPS) is 23.9. The number of ether oxygens (including phenoxy) is 1. The molecule has 2 aromatic heterocycles. The molecule has 9 nitrogen and oxygen atoms in total. The first kappa shape index (κ1) is 25.8. The molecule has 5 aliphatic rings. The summed E-state index contributed by atoms with van der Waals surface area (Å²) in [4.78, 5) is 19.3. The second kappa shape index (κ2) is 9.06. The predicted octanol–water partition coefficient (Wildman–Crippen LogP) is 4.49. The SMILES string of the molecule is C=CC(=O)N1CC2(CC(n3nc(N4CCN(C5COC5)CC45CCC5)c(-c4c(C)c(Cl)cc5[nH]ncc45)c3C)C2)C1. The zero-order chi connectivity index (χ0) is 28.1. The third-order valence-corrected chi connectivity index (χ3v) is 11.3. The lowest BCUT2D eigenvalue weighted by Crippen LogP contribution is -2.69. The Balaban J connectivity index is 1.20. The van der Waals surface area contributed by atoms with Crippen LogP contribution in [0, 0.1) is 19.3 Å². The summed E-state index contributed by atoms with van der Waals surface area (Å²) in [5, 5.41) is 14.9. The summed E-state index contributed by atoms with van der Waals surface area (Å²) in [5.74, 6) is 1.13. The molecule has 2 spiro atoms. The van der Waals surface area contributed by atoms with Crippen molar-refractivity contribution in [2.45, 2.75) is 63.6 Å². The molecule has 2 aliphatic carbocycles. The third-order valence-electron chi connectivity index (χ3n) is 10.9. The second-order valence-corrected chi connectivity index (χ2v) is 13.7. The number of likely N-dealkylation sites (tertiary alicyclic amines) is 1. The van der Waals surface area contributed by atoms with Gasteiger partial charge in [-0.25, -0.2) is 0 Å². The molecule has 1 aromatic carbocycles. The van der Waals surface area contributed by atoms with Crippen LogP contribution in [0.4, 0.5) is 5.82 Å². The third kappa shape index (κ3) is 3.71. The van der Waals surface area contributed by atoms with Crippen molar-refractivity contribution >= 4 is 34.2 Å². The van der Waals surface area contributed by atoms with Crippen LogP contribution in [0.25, 0.3) is 22.0 Å². The van der Waals surface area contributed by atoms with E-state index in [0.29, 0.717) is 12.1 Å². The number of rotatable bonds is 5. The molecule has 41 heavy (non-hydrogen) atoms. The maximum Gasteiger partial charge on any atom is 0.245 e. The van der Waals surface area contributed by atoms with Crippen molar-refractivity contribution in [3.8, 4) is 11.1 Å². The van der Waals surface area contributed by atoms with Gasteiger partial charge in [-0.1, -0.05) is 18.2 Å². The molecule has 3 aliphatic heterocycles. The molecule has 0 unspecified atom stereocenters. The first-order valence-corrected chi connectivity index (χ1v) is 15.4. The summed E-state index contributed by atoms with van der Waals surface area (Å²) in [6.45, 7) is 14.4. The van der Waals surface area contributed by atoms with E-state index in [2.05, 4.69) is 45.1 Å². The number of carbonyl (C=O) groups is 1. The van der Waals surface area contributed by atoms with Gasteiger partial charge in [-0.15, -0.1) is 0 Å². The number of fused-ring (bicyclic) bond motifs is 1. The Labute approximate surface area is 245 Å². The predicted molar refractivity (Wildman–Crippen MR) is 159 cm³/mol. The minimum atomic E-state index is 0.0397. The number of halogens is 1. The van der Waals surface area contributed by atoms with Crippen LogP contribution in [0.15, 0.2) is 24.9 Å². The maximum absolute atomic E-state index is 12.1. The van der Waals surface area contributed by atoms with Crippen LogP contribution in [0.2, 0.25) is 5.02 Å². The van der Waals surface area contributed by atoms with Gasteiger partial charge in [0, 0.05) is 65.4 Å². The van der Waals surface area contributed by atoms with Gasteiger partial charge >= 0.3 is 0 Å². The fourth-order valence-electron chi connectivity index (χ4n) is 8.34. The molecule has 5 fully saturated rings. The van der Waals surface area contributed by atoms with E-state index in [-0.39, 0.29) is 16.9 Å². The number of H-pyrrole nitrogens is 1. The smallest absolute Gasteiger partial charge is 0.245 e. The molecule has 5 heterocycles. The number of nitrogens with one attached hydrogen (secondary N) is 1. The first-order chi connectivity index (χ1) is 19.8. The van der Waals surface area contributed by atoms with Gasteiger partial charge in [-0.3, -0.25) is 19.5 Å². The Kier molecular flexibility index (Phi) is 5.70. The number of hydrogen-bond donors (Lipinski definition) is 1. The number of piperazine rings is 1. The van der Waals surface area contributed by atoms with Crippen LogP contribution in [0.5, 0.6) is 0 Å². The Morgan fingerprint density at radius 1 is 1.15 bits per heavy atom. The molecule has 1 N–H and O–H groups in total. The van der Waals surface area contributed by atoms with Crippen molar-refractivity contribution in [1.29, 1.82) is 0 Å². The van der Waals surface area contributed by atoms with Crippen LogP contribution in [0.1, 0.15) is 49.4 Å². The van der Waals surface area contributed by atoms with E-state index in [0.717, 1.165) is 91.6 Å². The standard InChI is InChI=1S/C31H38ClN7O2/c1-4-26(40)37-16-30(17-37)11-21(12-30)39-20(3)28(27-19(2)24(32)10-25-23(27)13-33-34-25)29(35-39)38-9-8-36(22-14-41-15-22)18-31(38)6-5-7-31/h4,10,13,21-22H,1,5-9,11-12,14-18H2,2-3H3,(H,33,34). The van der Waals surface area contributed by atoms with Crippen LogP contribution in [-0.4, -0.2) is 93.2 Å². The fourth-order valence-corrected chi connectivity index (χ4v) is 8.54. The number of nitrogens with zero attached hydrogens (tertiary/aromatic N) is 6. The van der Waals surface area contributed by atoms with E-state index in [1.807, 2.05) is 17.2 Å².